The Morgan fingerprint density at radius 1 is 1.47 bits per heavy atom. The summed E-state index contributed by atoms with van der Waals surface area (Å²) in [5.41, 5.74) is 0. The van der Waals surface area contributed by atoms with E-state index < -0.39 is 10.8 Å². The first-order valence-electron chi connectivity index (χ1n) is 5.68. The predicted molar refractivity (Wildman–Crippen MR) is 73.9 cm³/mol. The maximum Gasteiger partial charge on any atom is 0.120 e. The van der Waals surface area contributed by atoms with Crippen molar-refractivity contribution in [2.24, 2.45) is 5.92 Å². The molecule has 5 heteroatoms. The summed E-state index contributed by atoms with van der Waals surface area (Å²) in [6, 6.07) is 7.70. The Labute approximate surface area is 113 Å². The van der Waals surface area contributed by atoms with E-state index in [0.717, 1.165) is 29.1 Å². The molecule has 0 aromatic heterocycles. The van der Waals surface area contributed by atoms with Crippen molar-refractivity contribution in [1.82, 2.24) is 5.32 Å². The summed E-state index contributed by atoms with van der Waals surface area (Å²) in [5, 5.41) is 3.18. The van der Waals surface area contributed by atoms with Crippen LogP contribution in [0, 0.1) is 5.92 Å². The molecule has 1 heterocycles. The summed E-state index contributed by atoms with van der Waals surface area (Å²) in [7, 11) is -0.754. The van der Waals surface area contributed by atoms with Gasteiger partial charge < -0.3 is 10.1 Å². The highest BCUT2D eigenvalue weighted by atomic mass is 79.9. The number of nitrogens with one attached hydrogen (secondary N) is 1. The number of rotatable bonds is 6. The first-order chi connectivity index (χ1) is 8.24. The van der Waals surface area contributed by atoms with Crippen LogP contribution in [0.1, 0.15) is 0 Å². The molecule has 0 spiro atoms. The molecule has 0 saturated carbocycles. The van der Waals surface area contributed by atoms with E-state index in [2.05, 4.69) is 21.2 Å². The maximum absolute atomic E-state index is 11.7. The van der Waals surface area contributed by atoms with E-state index in [-0.39, 0.29) is 0 Å². The van der Waals surface area contributed by atoms with Crippen LogP contribution in [0.3, 0.4) is 0 Å². The van der Waals surface area contributed by atoms with Gasteiger partial charge in [0, 0.05) is 34.1 Å². The van der Waals surface area contributed by atoms with Gasteiger partial charge >= 0.3 is 0 Å². The molecule has 0 radical (unpaired) electrons. The molecule has 1 N–H and O–H groups in total. The molecule has 94 valence electrons. The van der Waals surface area contributed by atoms with Crippen molar-refractivity contribution >= 4 is 26.7 Å². The monoisotopic (exact) mass is 317 g/mol. The molecule has 3 nitrogen and oxygen atoms in total. The Morgan fingerprint density at radius 3 is 2.94 bits per heavy atom. The molecule has 1 fully saturated rings. The first kappa shape index (κ1) is 13.1. The van der Waals surface area contributed by atoms with Gasteiger partial charge in [0.15, 0.2) is 0 Å². The van der Waals surface area contributed by atoms with Crippen molar-refractivity contribution in [1.29, 1.82) is 0 Å². The van der Waals surface area contributed by atoms with Crippen molar-refractivity contribution in [3.63, 3.8) is 0 Å². The van der Waals surface area contributed by atoms with Crippen molar-refractivity contribution in [2.75, 3.05) is 31.2 Å². The second kappa shape index (κ2) is 6.52. The van der Waals surface area contributed by atoms with Gasteiger partial charge in [-0.2, -0.15) is 0 Å². The minimum atomic E-state index is -0.754. The molecule has 0 amide bonds. The van der Waals surface area contributed by atoms with Gasteiger partial charge in [-0.25, -0.2) is 0 Å². The second-order valence-electron chi connectivity index (χ2n) is 4.14. The van der Waals surface area contributed by atoms with Gasteiger partial charge in [0.05, 0.1) is 12.4 Å². The number of hydrogen-bond donors (Lipinski definition) is 1. The number of hydrogen-bond acceptors (Lipinski definition) is 3. The maximum atomic E-state index is 11.7. The highest BCUT2D eigenvalue weighted by Gasteiger charge is 2.19. The highest BCUT2D eigenvalue weighted by molar-refractivity contribution is 9.10. The molecule has 17 heavy (non-hydrogen) atoms. The van der Waals surface area contributed by atoms with E-state index in [1.807, 2.05) is 24.3 Å². The molecule has 1 aliphatic rings. The van der Waals surface area contributed by atoms with Crippen molar-refractivity contribution in [3.05, 3.63) is 28.7 Å². The third-order valence-corrected chi connectivity index (χ3v) is 4.62. The van der Waals surface area contributed by atoms with E-state index in [1.54, 1.807) is 0 Å². The Kier molecular flexibility index (Phi) is 5.00. The van der Waals surface area contributed by atoms with Crippen LogP contribution in [0.15, 0.2) is 28.7 Å². The molecule has 1 atom stereocenters. The summed E-state index contributed by atoms with van der Waals surface area (Å²) in [5.74, 6) is 2.83. The van der Waals surface area contributed by atoms with E-state index in [0.29, 0.717) is 18.3 Å². The van der Waals surface area contributed by atoms with Crippen molar-refractivity contribution < 1.29 is 8.95 Å². The summed E-state index contributed by atoms with van der Waals surface area (Å²) >= 11 is 3.39. The first-order valence-corrected chi connectivity index (χ1v) is 7.96. The molecule has 1 aliphatic heterocycles. The molecule has 2 rings (SSSR count). The van der Waals surface area contributed by atoms with E-state index in [9.17, 15) is 4.21 Å². The number of ether oxygens (including phenoxy) is 1. The SMILES string of the molecule is O=S(CCOc1cccc(Br)c1)CC1CNC1. The van der Waals surface area contributed by atoms with Gasteiger partial charge in [-0.15, -0.1) is 0 Å². The van der Waals surface area contributed by atoms with E-state index >= 15 is 0 Å². The van der Waals surface area contributed by atoms with Gasteiger partial charge in [0.1, 0.15) is 5.75 Å². The van der Waals surface area contributed by atoms with E-state index in [1.165, 1.54) is 0 Å². The van der Waals surface area contributed by atoms with Gasteiger partial charge in [0.25, 0.3) is 0 Å². The van der Waals surface area contributed by atoms with Crippen LogP contribution in [0.2, 0.25) is 0 Å². The van der Waals surface area contributed by atoms with Gasteiger partial charge in [-0.05, 0) is 24.1 Å². The number of halogens is 1. The molecule has 0 bridgehead atoms. The third-order valence-electron chi connectivity index (χ3n) is 2.66. The fourth-order valence-corrected chi connectivity index (χ4v) is 3.20. The molecule has 1 saturated heterocycles. The quantitative estimate of drug-likeness (QED) is 0.869. The zero-order chi connectivity index (χ0) is 12.1. The van der Waals surface area contributed by atoms with Crippen molar-refractivity contribution in [3.8, 4) is 5.75 Å². The lowest BCUT2D eigenvalue weighted by Gasteiger charge is -2.26. The second-order valence-corrected chi connectivity index (χ2v) is 6.68. The zero-order valence-corrected chi connectivity index (χ0v) is 11.9. The third kappa shape index (κ3) is 4.41. The number of benzene rings is 1. The molecular formula is C12H16BrNO2S. The Hall–Kier alpha value is -0.390. The largest absolute Gasteiger partial charge is 0.493 e. The minimum absolute atomic E-state index is 0.517. The topological polar surface area (TPSA) is 38.3 Å². The molecule has 1 aromatic carbocycles. The normalized spacial score (nSPS) is 17.5. The van der Waals surface area contributed by atoms with Crippen LogP contribution in [0.4, 0.5) is 0 Å². The fraction of sp³-hybridized carbons (Fsp3) is 0.500. The standard InChI is InChI=1S/C12H16BrNO2S/c13-11-2-1-3-12(6-11)16-4-5-17(15)9-10-7-14-8-10/h1-3,6,10,14H,4-5,7-9H2. The van der Waals surface area contributed by atoms with Gasteiger partial charge in [-0.3, -0.25) is 4.21 Å². The lowest BCUT2D eigenvalue weighted by Crippen LogP contribution is -2.45. The lowest BCUT2D eigenvalue weighted by atomic mass is 10.1. The highest BCUT2D eigenvalue weighted by Crippen LogP contribution is 2.17. The summed E-state index contributed by atoms with van der Waals surface area (Å²) in [6.45, 7) is 2.54. The van der Waals surface area contributed by atoms with Crippen LogP contribution in [0.25, 0.3) is 0 Å². The lowest BCUT2D eigenvalue weighted by molar-refractivity contribution is 0.341. The van der Waals surface area contributed by atoms with Crippen LogP contribution in [0.5, 0.6) is 5.75 Å². The fourth-order valence-electron chi connectivity index (χ4n) is 1.62. The molecular weight excluding hydrogens is 302 g/mol. The van der Waals surface area contributed by atoms with Crippen LogP contribution >= 0.6 is 15.9 Å². The summed E-state index contributed by atoms with van der Waals surface area (Å²) in [4.78, 5) is 0. The average Bonchev–Trinajstić information content (AvgIpc) is 2.24. The summed E-state index contributed by atoms with van der Waals surface area (Å²) in [6.07, 6.45) is 0. The Balaban J connectivity index is 1.66. The van der Waals surface area contributed by atoms with Gasteiger partial charge in [-0.1, -0.05) is 22.0 Å². The Morgan fingerprint density at radius 2 is 2.29 bits per heavy atom. The smallest absolute Gasteiger partial charge is 0.120 e. The predicted octanol–water partition coefficient (Wildman–Crippen LogP) is 1.80. The molecule has 0 aliphatic carbocycles. The summed E-state index contributed by atoms with van der Waals surface area (Å²) < 4.78 is 18.2. The van der Waals surface area contributed by atoms with Crippen LogP contribution < -0.4 is 10.1 Å². The van der Waals surface area contributed by atoms with E-state index in [4.69, 9.17) is 4.74 Å². The average molecular weight is 318 g/mol. The van der Waals surface area contributed by atoms with Crippen molar-refractivity contribution in [2.45, 2.75) is 0 Å². The zero-order valence-electron chi connectivity index (χ0n) is 9.52. The van der Waals surface area contributed by atoms with Crippen LogP contribution in [-0.2, 0) is 10.8 Å². The Bertz CT molecular complexity index is 396. The molecule has 1 unspecified atom stereocenters. The van der Waals surface area contributed by atoms with Crippen LogP contribution in [-0.4, -0.2) is 35.4 Å². The van der Waals surface area contributed by atoms with Gasteiger partial charge in [0.2, 0.25) is 0 Å². The molecule has 1 aromatic rings. The minimum Gasteiger partial charge on any atom is -0.493 e.